The van der Waals surface area contributed by atoms with Crippen LogP contribution in [0, 0.1) is 0 Å². The number of thiophene rings is 1. The maximum Gasteiger partial charge on any atom is 0.222 e. The zero-order valence-corrected chi connectivity index (χ0v) is 21.2. The summed E-state index contributed by atoms with van der Waals surface area (Å²) >= 11 is 1.61. The van der Waals surface area contributed by atoms with E-state index in [1.165, 1.54) is 4.70 Å². The highest BCUT2D eigenvalue weighted by molar-refractivity contribution is 14.0. The normalized spacial score (nSPS) is 15.0. The van der Waals surface area contributed by atoms with E-state index in [1.807, 2.05) is 23.1 Å². The maximum atomic E-state index is 11.8. The second-order valence-corrected chi connectivity index (χ2v) is 8.86. The van der Waals surface area contributed by atoms with E-state index in [0.29, 0.717) is 32.0 Å². The first-order valence-electron chi connectivity index (χ1n) is 10.6. The molecule has 3 N–H and O–H groups in total. The molecule has 2 aromatic carbocycles. The van der Waals surface area contributed by atoms with E-state index in [9.17, 15) is 9.90 Å². The van der Waals surface area contributed by atoms with Crippen molar-refractivity contribution in [3.05, 3.63) is 70.6 Å². The van der Waals surface area contributed by atoms with Crippen molar-refractivity contribution in [2.24, 2.45) is 4.99 Å². The highest BCUT2D eigenvalue weighted by Gasteiger charge is 2.19. The SMILES string of the molecule is CN=C(NCc1ccc(CN2CCCC2=O)cc1)NCC(O)c1cc2ccccc2s1.I. The maximum absolute atomic E-state index is 11.8. The number of nitrogens with zero attached hydrogens (tertiary/aromatic N) is 2. The summed E-state index contributed by atoms with van der Waals surface area (Å²) < 4.78 is 1.18. The second-order valence-electron chi connectivity index (χ2n) is 7.74. The van der Waals surface area contributed by atoms with Crippen molar-refractivity contribution in [2.45, 2.75) is 32.0 Å². The predicted octanol–water partition coefficient (Wildman–Crippen LogP) is 4.04. The van der Waals surface area contributed by atoms with Gasteiger partial charge in [0.05, 0.1) is 0 Å². The van der Waals surface area contributed by atoms with E-state index in [4.69, 9.17) is 0 Å². The van der Waals surface area contributed by atoms with Crippen LogP contribution in [0.15, 0.2) is 59.6 Å². The number of aliphatic hydroxyl groups is 1. The Morgan fingerprint density at radius 2 is 1.91 bits per heavy atom. The van der Waals surface area contributed by atoms with E-state index in [2.05, 4.69) is 52.0 Å². The molecule has 1 aliphatic heterocycles. The Bertz CT molecular complexity index is 1030. The first-order chi connectivity index (χ1) is 15.1. The van der Waals surface area contributed by atoms with Crippen LogP contribution in [0.3, 0.4) is 0 Å². The highest BCUT2D eigenvalue weighted by Crippen LogP contribution is 2.29. The smallest absolute Gasteiger partial charge is 0.222 e. The van der Waals surface area contributed by atoms with Gasteiger partial charge in [-0.1, -0.05) is 42.5 Å². The molecule has 3 aromatic rings. The summed E-state index contributed by atoms with van der Waals surface area (Å²) in [4.78, 5) is 18.9. The van der Waals surface area contributed by atoms with Gasteiger partial charge in [0.15, 0.2) is 5.96 Å². The molecule has 32 heavy (non-hydrogen) atoms. The summed E-state index contributed by atoms with van der Waals surface area (Å²) in [6.45, 7) is 2.56. The summed E-state index contributed by atoms with van der Waals surface area (Å²) in [5.74, 6) is 0.894. The van der Waals surface area contributed by atoms with Crippen molar-refractivity contribution in [3.63, 3.8) is 0 Å². The number of carbonyl (C=O) groups is 1. The summed E-state index contributed by atoms with van der Waals surface area (Å²) in [6.07, 6.45) is 1.04. The van der Waals surface area contributed by atoms with Crippen molar-refractivity contribution < 1.29 is 9.90 Å². The zero-order chi connectivity index (χ0) is 21.6. The van der Waals surface area contributed by atoms with Crippen LogP contribution >= 0.6 is 35.3 Å². The number of hydrogen-bond acceptors (Lipinski definition) is 4. The Kier molecular flexibility index (Phi) is 8.89. The molecule has 6 nitrogen and oxygen atoms in total. The molecule has 0 radical (unpaired) electrons. The Hall–Kier alpha value is -2.17. The van der Waals surface area contributed by atoms with Gasteiger partial charge in [0.2, 0.25) is 5.91 Å². The van der Waals surface area contributed by atoms with Crippen LogP contribution in [0.4, 0.5) is 0 Å². The molecule has 0 aliphatic carbocycles. The lowest BCUT2D eigenvalue weighted by Crippen LogP contribution is -2.38. The molecule has 0 spiro atoms. The van der Waals surface area contributed by atoms with E-state index in [0.717, 1.165) is 34.4 Å². The van der Waals surface area contributed by atoms with Crippen molar-refractivity contribution in [1.29, 1.82) is 0 Å². The van der Waals surface area contributed by atoms with Gasteiger partial charge in [-0.15, -0.1) is 35.3 Å². The molecular formula is C24H29IN4O2S. The van der Waals surface area contributed by atoms with Crippen molar-refractivity contribution in [2.75, 3.05) is 20.1 Å². The van der Waals surface area contributed by atoms with E-state index in [-0.39, 0.29) is 29.9 Å². The fourth-order valence-corrected chi connectivity index (χ4v) is 4.77. The first kappa shape index (κ1) is 24.5. The van der Waals surface area contributed by atoms with Crippen LogP contribution < -0.4 is 10.6 Å². The largest absolute Gasteiger partial charge is 0.386 e. The molecule has 4 rings (SSSR count). The minimum Gasteiger partial charge on any atom is -0.386 e. The first-order valence-corrected chi connectivity index (χ1v) is 11.4. The Labute approximate surface area is 209 Å². The predicted molar refractivity (Wildman–Crippen MR) is 141 cm³/mol. The Morgan fingerprint density at radius 1 is 1.16 bits per heavy atom. The average molecular weight is 564 g/mol. The number of rotatable bonds is 7. The number of likely N-dealkylation sites (tertiary alicyclic amines) is 1. The van der Waals surface area contributed by atoms with Gasteiger partial charge in [0.1, 0.15) is 6.10 Å². The summed E-state index contributed by atoms with van der Waals surface area (Å²) in [7, 11) is 1.72. The minimum atomic E-state index is -0.594. The van der Waals surface area contributed by atoms with E-state index in [1.54, 1.807) is 18.4 Å². The molecule has 1 fully saturated rings. The Morgan fingerprint density at radius 3 is 2.59 bits per heavy atom. The van der Waals surface area contributed by atoms with Gasteiger partial charge in [-0.05, 0) is 35.1 Å². The third kappa shape index (κ3) is 6.20. The van der Waals surface area contributed by atoms with Crippen LogP contribution in [0.1, 0.15) is 34.9 Å². The van der Waals surface area contributed by atoms with Gasteiger partial charge >= 0.3 is 0 Å². The van der Waals surface area contributed by atoms with Crippen LogP contribution in [0.25, 0.3) is 10.1 Å². The van der Waals surface area contributed by atoms with Crippen molar-refractivity contribution in [3.8, 4) is 0 Å². The number of carbonyl (C=O) groups excluding carboxylic acids is 1. The van der Waals surface area contributed by atoms with Gasteiger partial charge in [0, 0.05) is 49.2 Å². The Balaban J connectivity index is 0.00000289. The second kappa shape index (κ2) is 11.6. The summed E-state index contributed by atoms with van der Waals surface area (Å²) in [5.41, 5.74) is 2.28. The van der Waals surface area contributed by atoms with Crippen LogP contribution in [-0.2, 0) is 17.9 Å². The summed E-state index contributed by atoms with van der Waals surface area (Å²) in [6, 6.07) is 18.5. The standard InChI is InChI=1S/C24H28N4O2S.HI/c1-25-24(27-15-20(29)22-13-19-5-2-3-6-21(19)31-22)26-14-17-8-10-18(11-9-17)16-28-12-4-7-23(28)30;/h2-3,5-6,8-11,13,20,29H,4,7,12,14-16H2,1H3,(H2,25,26,27);1H. The number of benzene rings is 2. The number of nitrogens with one attached hydrogen (secondary N) is 2. The van der Waals surface area contributed by atoms with Crippen LogP contribution in [0.5, 0.6) is 0 Å². The molecule has 0 saturated carbocycles. The van der Waals surface area contributed by atoms with Gasteiger partial charge in [-0.2, -0.15) is 0 Å². The molecule has 1 aliphatic rings. The van der Waals surface area contributed by atoms with Crippen molar-refractivity contribution in [1.82, 2.24) is 15.5 Å². The number of amides is 1. The molecule has 2 heterocycles. The number of halogens is 1. The van der Waals surface area contributed by atoms with Gasteiger partial charge in [-0.3, -0.25) is 9.79 Å². The van der Waals surface area contributed by atoms with Crippen LogP contribution in [0.2, 0.25) is 0 Å². The lowest BCUT2D eigenvalue weighted by atomic mass is 10.1. The molecule has 1 saturated heterocycles. The molecule has 0 bridgehead atoms. The number of hydrogen-bond donors (Lipinski definition) is 3. The average Bonchev–Trinajstić information content (AvgIpc) is 3.41. The van der Waals surface area contributed by atoms with Crippen LogP contribution in [-0.4, -0.2) is 42.0 Å². The quantitative estimate of drug-likeness (QED) is 0.230. The topological polar surface area (TPSA) is 77.0 Å². The number of aliphatic hydroxyl groups excluding tert-OH is 1. The minimum absolute atomic E-state index is 0. The lowest BCUT2D eigenvalue weighted by Gasteiger charge is -2.16. The number of fused-ring (bicyclic) bond motifs is 1. The summed E-state index contributed by atoms with van der Waals surface area (Å²) in [5, 5.41) is 18.2. The van der Waals surface area contributed by atoms with E-state index < -0.39 is 6.10 Å². The molecule has 1 unspecified atom stereocenters. The fraction of sp³-hybridized carbons (Fsp3) is 0.333. The third-order valence-electron chi connectivity index (χ3n) is 5.49. The lowest BCUT2D eigenvalue weighted by molar-refractivity contribution is -0.128. The molecule has 1 atom stereocenters. The zero-order valence-electron chi connectivity index (χ0n) is 18.1. The molecule has 1 aromatic heterocycles. The molecular weight excluding hydrogens is 535 g/mol. The number of aliphatic imine (C=N–C) groups is 1. The van der Waals surface area contributed by atoms with Gasteiger partial charge in [0.25, 0.3) is 0 Å². The monoisotopic (exact) mass is 564 g/mol. The molecule has 170 valence electrons. The molecule has 1 amide bonds. The fourth-order valence-electron chi connectivity index (χ4n) is 3.72. The number of guanidine groups is 1. The molecule has 8 heteroatoms. The van der Waals surface area contributed by atoms with Gasteiger partial charge in [-0.25, -0.2) is 0 Å². The van der Waals surface area contributed by atoms with E-state index >= 15 is 0 Å². The van der Waals surface area contributed by atoms with Crippen molar-refractivity contribution >= 4 is 57.3 Å². The highest BCUT2D eigenvalue weighted by atomic mass is 127. The third-order valence-corrected chi connectivity index (χ3v) is 6.70. The van der Waals surface area contributed by atoms with Gasteiger partial charge < -0.3 is 20.6 Å².